The summed E-state index contributed by atoms with van der Waals surface area (Å²) in [6, 6.07) is 5.79. The number of aryl methyl sites for hydroxylation is 1. The maximum atomic E-state index is 12.0. The highest BCUT2D eigenvalue weighted by Crippen LogP contribution is 2.40. The predicted molar refractivity (Wildman–Crippen MR) is 83.6 cm³/mol. The molecule has 1 aliphatic carbocycles. The van der Waals surface area contributed by atoms with E-state index in [4.69, 9.17) is 9.47 Å². The van der Waals surface area contributed by atoms with Crippen molar-refractivity contribution >= 4 is 22.4 Å². The summed E-state index contributed by atoms with van der Waals surface area (Å²) >= 11 is 1.50. The van der Waals surface area contributed by atoms with E-state index in [2.05, 4.69) is 10.3 Å². The van der Waals surface area contributed by atoms with E-state index < -0.39 is 0 Å². The minimum absolute atomic E-state index is 0.00522. The third-order valence-corrected chi connectivity index (χ3v) is 4.62. The van der Waals surface area contributed by atoms with Crippen molar-refractivity contribution in [3.63, 3.8) is 0 Å². The van der Waals surface area contributed by atoms with Crippen LogP contribution in [-0.2, 0) is 11.2 Å². The number of aromatic nitrogens is 1. The summed E-state index contributed by atoms with van der Waals surface area (Å²) in [4.78, 5) is 16.5. The van der Waals surface area contributed by atoms with Crippen molar-refractivity contribution in [2.24, 2.45) is 0 Å². The van der Waals surface area contributed by atoms with Gasteiger partial charge in [-0.1, -0.05) is 6.07 Å². The molecule has 2 aromatic rings. The number of ether oxygens (including phenoxy) is 2. The maximum Gasteiger partial charge on any atom is 0.231 e. The highest BCUT2D eigenvalue weighted by atomic mass is 32.1. The molecule has 4 rings (SSSR count). The van der Waals surface area contributed by atoms with Gasteiger partial charge in [0.1, 0.15) is 0 Å². The van der Waals surface area contributed by atoms with Crippen LogP contribution in [0.25, 0.3) is 0 Å². The van der Waals surface area contributed by atoms with Crippen molar-refractivity contribution in [1.29, 1.82) is 0 Å². The van der Waals surface area contributed by atoms with Gasteiger partial charge in [-0.05, 0) is 37.0 Å². The van der Waals surface area contributed by atoms with E-state index in [-0.39, 0.29) is 12.7 Å². The second-order valence-electron chi connectivity index (χ2n) is 5.59. The normalized spacial score (nSPS) is 15.8. The fourth-order valence-corrected chi connectivity index (χ4v) is 3.25. The second-order valence-corrected chi connectivity index (χ2v) is 6.45. The van der Waals surface area contributed by atoms with Crippen LogP contribution in [-0.4, -0.2) is 17.7 Å². The van der Waals surface area contributed by atoms with Gasteiger partial charge < -0.3 is 14.8 Å². The van der Waals surface area contributed by atoms with Crippen LogP contribution in [0, 0.1) is 0 Å². The molecular weight excluding hydrogens is 300 g/mol. The number of benzene rings is 1. The Morgan fingerprint density at radius 2 is 2.18 bits per heavy atom. The molecule has 22 heavy (non-hydrogen) atoms. The highest BCUT2D eigenvalue weighted by molar-refractivity contribution is 7.13. The summed E-state index contributed by atoms with van der Waals surface area (Å²) in [5, 5.41) is 5.63. The SMILES string of the molecule is O=C(CCc1ccc2c(c1)OCO2)Nc1nc(C2CC2)cs1. The number of rotatable bonds is 5. The number of thiazole rings is 1. The van der Waals surface area contributed by atoms with E-state index in [9.17, 15) is 4.79 Å². The van der Waals surface area contributed by atoms with Gasteiger partial charge in [-0.3, -0.25) is 4.79 Å². The summed E-state index contributed by atoms with van der Waals surface area (Å²) < 4.78 is 10.6. The molecule has 1 amide bonds. The summed E-state index contributed by atoms with van der Waals surface area (Å²) in [6.07, 6.45) is 3.55. The Kier molecular flexibility index (Phi) is 3.46. The molecule has 0 unspecified atom stereocenters. The van der Waals surface area contributed by atoms with Crippen molar-refractivity contribution in [1.82, 2.24) is 4.98 Å². The average Bonchev–Trinajstić information content (AvgIpc) is 3.08. The Morgan fingerprint density at radius 1 is 1.32 bits per heavy atom. The Hall–Kier alpha value is -2.08. The van der Waals surface area contributed by atoms with Crippen LogP contribution < -0.4 is 14.8 Å². The third kappa shape index (κ3) is 2.92. The number of amides is 1. The van der Waals surface area contributed by atoms with Gasteiger partial charge in [0, 0.05) is 17.7 Å². The summed E-state index contributed by atoms with van der Waals surface area (Å²) in [5.74, 6) is 2.14. The summed E-state index contributed by atoms with van der Waals surface area (Å²) in [5.41, 5.74) is 2.19. The van der Waals surface area contributed by atoms with Gasteiger partial charge in [0.25, 0.3) is 0 Å². The fourth-order valence-electron chi connectivity index (χ4n) is 2.45. The van der Waals surface area contributed by atoms with Gasteiger partial charge in [0.05, 0.1) is 5.69 Å². The predicted octanol–water partition coefficient (Wildman–Crippen LogP) is 3.32. The van der Waals surface area contributed by atoms with E-state index in [1.807, 2.05) is 23.6 Å². The van der Waals surface area contributed by atoms with Crippen LogP contribution in [0.3, 0.4) is 0 Å². The molecule has 0 bridgehead atoms. The van der Waals surface area contributed by atoms with Gasteiger partial charge in [-0.25, -0.2) is 4.98 Å². The molecule has 5 nitrogen and oxygen atoms in total. The van der Waals surface area contributed by atoms with E-state index in [0.29, 0.717) is 23.9 Å². The molecule has 0 radical (unpaired) electrons. The molecule has 2 aliphatic rings. The summed E-state index contributed by atoms with van der Waals surface area (Å²) in [7, 11) is 0. The first kappa shape index (κ1) is 13.6. The molecule has 1 aromatic carbocycles. The molecular formula is C16H16N2O3S. The Balaban J connectivity index is 1.31. The quantitative estimate of drug-likeness (QED) is 0.919. The van der Waals surface area contributed by atoms with Gasteiger partial charge in [0.2, 0.25) is 12.7 Å². The minimum Gasteiger partial charge on any atom is -0.454 e. The van der Waals surface area contributed by atoms with E-state index in [1.54, 1.807) is 0 Å². The Labute approximate surface area is 132 Å². The maximum absolute atomic E-state index is 12.0. The zero-order valence-corrected chi connectivity index (χ0v) is 12.8. The fraction of sp³-hybridized carbons (Fsp3) is 0.375. The van der Waals surface area contributed by atoms with Crippen LogP contribution >= 0.6 is 11.3 Å². The van der Waals surface area contributed by atoms with E-state index in [1.165, 1.54) is 24.2 Å². The molecule has 2 heterocycles. The molecule has 6 heteroatoms. The first-order chi connectivity index (χ1) is 10.8. The zero-order valence-electron chi connectivity index (χ0n) is 12.0. The van der Waals surface area contributed by atoms with Crippen LogP contribution in [0.2, 0.25) is 0 Å². The second kappa shape index (κ2) is 5.61. The molecule has 1 aromatic heterocycles. The molecule has 0 spiro atoms. The first-order valence-corrected chi connectivity index (χ1v) is 8.30. The van der Waals surface area contributed by atoms with Crippen molar-refractivity contribution < 1.29 is 14.3 Å². The van der Waals surface area contributed by atoms with Crippen molar-refractivity contribution in [3.05, 3.63) is 34.8 Å². The number of hydrogen-bond donors (Lipinski definition) is 1. The Morgan fingerprint density at radius 3 is 3.05 bits per heavy atom. The lowest BCUT2D eigenvalue weighted by Crippen LogP contribution is -2.12. The molecule has 1 aliphatic heterocycles. The minimum atomic E-state index is -0.00522. The number of hydrogen-bond acceptors (Lipinski definition) is 5. The average molecular weight is 316 g/mol. The monoisotopic (exact) mass is 316 g/mol. The molecule has 1 fully saturated rings. The van der Waals surface area contributed by atoms with Crippen LogP contribution in [0.5, 0.6) is 11.5 Å². The van der Waals surface area contributed by atoms with Crippen molar-refractivity contribution in [2.75, 3.05) is 12.1 Å². The van der Waals surface area contributed by atoms with Crippen LogP contribution in [0.4, 0.5) is 5.13 Å². The van der Waals surface area contributed by atoms with Gasteiger partial charge in [-0.15, -0.1) is 11.3 Å². The number of nitrogens with zero attached hydrogens (tertiary/aromatic N) is 1. The topological polar surface area (TPSA) is 60.5 Å². The van der Waals surface area contributed by atoms with E-state index in [0.717, 1.165) is 22.8 Å². The number of nitrogens with one attached hydrogen (secondary N) is 1. The number of anilines is 1. The van der Waals surface area contributed by atoms with E-state index >= 15 is 0 Å². The standard InChI is InChI=1S/C16H16N2O3S/c19-15(18-16-17-12(8-22-16)11-3-4-11)6-2-10-1-5-13-14(7-10)21-9-20-13/h1,5,7-8,11H,2-4,6,9H2,(H,17,18,19). The smallest absolute Gasteiger partial charge is 0.231 e. The highest BCUT2D eigenvalue weighted by Gasteiger charge is 2.26. The molecule has 0 saturated heterocycles. The molecule has 1 saturated carbocycles. The van der Waals surface area contributed by atoms with Crippen molar-refractivity contribution in [2.45, 2.75) is 31.6 Å². The number of carbonyl (C=O) groups is 1. The largest absolute Gasteiger partial charge is 0.454 e. The van der Waals surface area contributed by atoms with Gasteiger partial charge >= 0.3 is 0 Å². The Bertz CT molecular complexity index is 709. The summed E-state index contributed by atoms with van der Waals surface area (Å²) in [6.45, 7) is 0.270. The third-order valence-electron chi connectivity index (χ3n) is 3.84. The zero-order chi connectivity index (χ0) is 14.9. The number of fused-ring (bicyclic) bond motifs is 1. The van der Waals surface area contributed by atoms with Gasteiger partial charge in [0.15, 0.2) is 16.6 Å². The van der Waals surface area contributed by atoms with Crippen LogP contribution in [0.15, 0.2) is 23.6 Å². The lowest BCUT2D eigenvalue weighted by molar-refractivity contribution is -0.116. The molecule has 0 atom stereocenters. The first-order valence-electron chi connectivity index (χ1n) is 7.42. The van der Waals surface area contributed by atoms with Crippen LogP contribution in [0.1, 0.15) is 36.4 Å². The lowest BCUT2D eigenvalue weighted by atomic mass is 10.1. The lowest BCUT2D eigenvalue weighted by Gasteiger charge is -2.03. The molecule has 1 N–H and O–H groups in total. The van der Waals surface area contributed by atoms with Crippen molar-refractivity contribution in [3.8, 4) is 11.5 Å². The number of carbonyl (C=O) groups excluding carboxylic acids is 1. The van der Waals surface area contributed by atoms with Gasteiger partial charge in [-0.2, -0.15) is 0 Å². The molecule has 114 valence electrons.